The third kappa shape index (κ3) is 3.35. The SMILES string of the molecule is COc1ccc(S(=O)(=O)N2CCN(CC3CC4C=CC3C4)CC2)cc1. The predicted octanol–water partition coefficient (Wildman–Crippen LogP) is 2.21. The number of ether oxygens (including phenoxy) is 1. The van der Waals surface area contributed by atoms with E-state index in [1.807, 2.05) is 0 Å². The van der Waals surface area contributed by atoms with Gasteiger partial charge in [-0.05, 0) is 54.9 Å². The minimum absolute atomic E-state index is 0.347. The van der Waals surface area contributed by atoms with Gasteiger partial charge in [0.1, 0.15) is 5.75 Å². The van der Waals surface area contributed by atoms with Crippen molar-refractivity contribution in [3.05, 3.63) is 36.4 Å². The zero-order chi connectivity index (χ0) is 17.4. The lowest BCUT2D eigenvalue weighted by Gasteiger charge is -2.36. The van der Waals surface area contributed by atoms with Crippen LogP contribution in [0.25, 0.3) is 0 Å². The Morgan fingerprint density at radius 2 is 1.76 bits per heavy atom. The first-order valence-corrected chi connectivity index (χ1v) is 10.5. The molecular formula is C19H26N2O3S. The zero-order valence-electron chi connectivity index (χ0n) is 14.7. The van der Waals surface area contributed by atoms with Crippen LogP contribution < -0.4 is 4.74 Å². The molecule has 2 bridgehead atoms. The molecule has 0 aromatic heterocycles. The number of hydrogen-bond donors (Lipinski definition) is 0. The van der Waals surface area contributed by atoms with Crippen molar-refractivity contribution in [2.75, 3.05) is 39.8 Å². The largest absolute Gasteiger partial charge is 0.497 e. The summed E-state index contributed by atoms with van der Waals surface area (Å²) in [4.78, 5) is 2.79. The molecular weight excluding hydrogens is 336 g/mol. The standard InChI is InChI=1S/C19H26N2O3S/c1-24-18-4-6-19(7-5-18)25(22,23)21-10-8-20(9-11-21)14-17-13-15-2-3-16(17)12-15/h2-7,15-17H,8-14H2,1H3. The van der Waals surface area contributed by atoms with E-state index in [-0.39, 0.29) is 0 Å². The smallest absolute Gasteiger partial charge is 0.243 e. The van der Waals surface area contributed by atoms with Gasteiger partial charge < -0.3 is 9.64 Å². The summed E-state index contributed by atoms with van der Waals surface area (Å²) in [6, 6.07) is 6.65. The summed E-state index contributed by atoms with van der Waals surface area (Å²) >= 11 is 0. The van der Waals surface area contributed by atoms with Gasteiger partial charge in [-0.3, -0.25) is 0 Å². The molecule has 1 saturated heterocycles. The van der Waals surface area contributed by atoms with Crippen LogP contribution in [0, 0.1) is 17.8 Å². The van der Waals surface area contributed by atoms with E-state index in [1.54, 1.807) is 35.7 Å². The van der Waals surface area contributed by atoms with Crippen molar-refractivity contribution in [3.63, 3.8) is 0 Å². The van der Waals surface area contributed by atoms with E-state index in [1.165, 1.54) is 12.8 Å². The molecule has 4 rings (SSSR count). The average molecular weight is 362 g/mol. The molecule has 3 unspecified atom stereocenters. The van der Waals surface area contributed by atoms with E-state index in [2.05, 4.69) is 17.1 Å². The Balaban J connectivity index is 1.35. The van der Waals surface area contributed by atoms with Gasteiger partial charge in [0.15, 0.2) is 0 Å². The van der Waals surface area contributed by atoms with E-state index in [9.17, 15) is 8.42 Å². The molecule has 2 aliphatic carbocycles. The second-order valence-corrected chi connectivity index (χ2v) is 9.36. The van der Waals surface area contributed by atoms with Gasteiger partial charge >= 0.3 is 0 Å². The van der Waals surface area contributed by atoms with Crippen LogP contribution in [0.15, 0.2) is 41.3 Å². The fourth-order valence-corrected chi connectivity index (χ4v) is 5.91. The Hall–Kier alpha value is -1.37. The highest BCUT2D eigenvalue weighted by atomic mass is 32.2. The van der Waals surface area contributed by atoms with Crippen molar-refractivity contribution in [2.24, 2.45) is 17.8 Å². The molecule has 1 aromatic rings. The van der Waals surface area contributed by atoms with Gasteiger partial charge in [0.05, 0.1) is 12.0 Å². The second kappa shape index (κ2) is 6.74. The van der Waals surface area contributed by atoms with Crippen molar-refractivity contribution < 1.29 is 13.2 Å². The highest BCUT2D eigenvalue weighted by Crippen LogP contribution is 2.43. The number of nitrogens with zero attached hydrogens (tertiary/aromatic N) is 2. The van der Waals surface area contributed by atoms with E-state index in [0.717, 1.165) is 37.4 Å². The van der Waals surface area contributed by atoms with Crippen LogP contribution in [-0.4, -0.2) is 57.5 Å². The van der Waals surface area contributed by atoms with E-state index >= 15 is 0 Å². The van der Waals surface area contributed by atoms with Gasteiger partial charge in [-0.25, -0.2) is 8.42 Å². The van der Waals surface area contributed by atoms with Gasteiger partial charge in [-0.1, -0.05) is 12.2 Å². The lowest BCUT2D eigenvalue weighted by Crippen LogP contribution is -2.49. The summed E-state index contributed by atoms with van der Waals surface area (Å²) in [6.07, 6.45) is 7.41. The number of benzene rings is 1. The van der Waals surface area contributed by atoms with Gasteiger partial charge in [0.2, 0.25) is 10.0 Å². The van der Waals surface area contributed by atoms with Crippen molar-refractivity contribution in [1.29, 1.82) is 0 Å². The minimum atomic E-state index is -3.41. The fraction of sp³-hybridized carbons (Fsp3) is 0.579. The highest BCUT2D eigenvalue weighted by Gasteiger charge is 2.37. The summed E-state index contributed by atoms with van der Waals surface area (Å²) < 4.78 is 32.3. The van der Waals surface area contributed by atoms with Crippen molar-refractivity contribution in [1.82, 2.24) is 9.21 Å². The van der Waals surface area contributed by atoms with Crippen LogP contribution in [0.4, 0.5) is 0 Å². The fourth-order valence-electron chi connectivity index (χ4n) is 4.49. The summed E-state index contributed by atoms with van der Waals surface area (Å²) in [6.45, 7) is 3.91. The molecule has 1 aliphatic heterocycles. The third-order valence-electron chi connectivity index (χ3n) is 5.94. The number of fused-ring (bicyclic) bond motifs is 2. The second-order valence-electron chi connectivity index (χ2n) is 7.42. The molecule has 0 N–H and O–H groups in total. The number of sulfonamides is 1. The maximum absolute atomic E-state index is 12.8. The van der Waals surface area contributed by atoms with Gasteiger partial charge in [-0.2, -0.15) is 4.31 Å². The lowest BCUT2D eigenvalue weighted by molar-refractivity contribution is 0.156. The van der Waals surface area contributed by atoms with Gasteiger partial charge in [-0.15, -0.1) is 0 Å². The summed E-state index contributed by atoms with van der Waals surface area (Å²) in [5.74, 6) is 2.99. The molecule has 3 atom stereocenters. The summed E-state index contributed by atoms with van der Waals surface area (Å²) in [5.41, 5.74) is 0. The molecule has 6 heteroatoms. The Labute approximate surface area is 150 Å². The van der Waals surface area contributed by atoms with Crippen LogP contribution >= 0.6 is 0 Å². The van der Waals surface area contributed by atoms with E-state index in [0.29, 0.717) is 23.7 Å². The Bertz CT molecular complexity index is 736. The Morgan fingerprint density at radius 1 is 1.04 bits per heavy atom. The average Bonchev–Trinajstić information content (AvgIpc) is 3.25. The molecule has 136 valence electrons. The summed E-state index contributed by atoms with van der Waals surface area (Å²) in [7, 11) is -1.83. The van der Waals surface area contributed by atoms with Crippen LogP contribution in [0.2, 0.25) is 0 Å². The Kier molecular flexibility index (Phi) is 4.60. The first-order chi connectivity index (χ1) is 12.1. The van der Waals surface area contributed by atoms with Gasteiger partial charge in [0, 0.05) is 32.7 Å². The minimum Gasteiger partial charge on any atom is -0.497 e. The van der Waals surface area contributed by atoms with E-state index in [4.69, 9.17) is 4.74 Å². The summed E-state index contributed by atoms with van der Waals surface area (Å²) in [5, 5.41) is 0. The zero-order valence-corrected chi connectivity index (χ0v) is 15.5. The maximum Gasteiger partial charge on any atom is 0.243 e. The highest BCUT2D eigenvalue weighted by molar-refractivity contribution is 7.89. The molecule has 1 saturated carbocycles. The molecule has 25 heavy (non-hydrogen) atoms. The number of piperazine rings is 1. The number of allylic oxidation sites excluding steroid dienone is 2. The monoisotopic (exact) mass is 362 g/mol. The van der Waals surface area contributed by atoms with Crippen LogP contribution in [0.1, 0.15) is 12.8 Å². The first kappa shape index (κ1) is 17.1. The molecule has 5 nitrogen and oxygen atoms in total. The topological polar surface area (TPSA) is 49.9 Å². The normalized spacial score (nSPS) is 30.0. The van der Waals surface area contributed by atoms with Crippen LogP contribution in [0.3, 0.4) is 0 Å². The first-order valence-electron chi connectivity index (χ1n) is 9.11. The molecule has 0 radical (unpaired) electrons. The van der Waals surface area contributed by atoms with Crippen LogP contribution in [-0.2, 0) is 10.0 Å². The van der Waals surface area contributed by atoms with Crippen molar-refractivity contribution in [3.8, 4) is 5.75 Å². The molecule has 2 fully saturated rings. The molecule has 1 aromatic carbocycles. The lowest BCUT2D eigenvalue weighted by atomic mass is 9.93. The quantitative estimate of drug-likeness (QED) is 0.754. The molecule has 1 heterocycles. The predicted molar refractivity (Wildman–Crippen MR) is 97.0 cm³/mol. The molecule has 0 spiro atoms. The number of hydrogen-bond acceptors (Lipinski definition) is 4. The maximum atomic E-state index is 12.8. The van der Waals surface area contributed by atoms with Crippen molar-refractivity contribution >= 4 is 10.0 Å². The third-order valence-corrected chi connectivity index (χ3v) is 7.85. The molecule has 3 aliphatic rings. The van der Waals surface area contributed by atoms with Crippen molar-refractivity contribution in [2.45, 2.75) is 17.7 Å². The number of rotatable bonds is 5. The molecule has 0 amide bonds. The van der Waals surface area contributed by atoms with Gasteiger partial charge in [0.25, 0.3) is 0 Å². The van der Waals surface area contributed by atoms with Crippen LogP contribution in [0.5, 0.6) is 5.75 Å². The van der Waals surface area contributed by atoms with E-state index < -0.39 is 10.0 Å². The Morgan fingerprint density at radius 3 is 2.32 bits per heavy atom. The number of methoxy groups -OCH3 is 1.